The van der Waals surface area contributed by atoms with Crippen LogP contribution in [0.3, 0.4) is 0 Å². The van der Waals surface area contributed by atoms with E-state index in [1.807, 2.05) is 6.07 Å². The fraction of sp³-hybridized carbons (Fsp3) is 0.316. The van der Waals surface area contributed by atoms with Crippen LogP contribution in [0.15, 0.2) is 54.7 Å². The largest absolute Gasteiger partial charge is 0.303 e. The predicted octanol–water partition coefficient (Wildman–Crippen LogP) is 4.04. The van der Waals surface area contributed by atoms with E-state index in [1.54, 1.807) is 0 Å². The van der Waals surface area contributed by atoms with Crippen molar-refractivity contribution in [2.24, 2.45) is 5.92 Å². The molecule has 106 valence electrons. The molecule has 5 rings (SSSR count). The van der Waals surface area contributed by atoms with E-state index >= 15 is 0 Å². The lowest BCUT2D eigenvalue weighted by atomic mass is 9.79. The van der Waals surface area contributed by atoms with E-state index in [-0.39, 0.29) is 0 Å². The van der Waals surface area contributed by atoms with Crippen LogP contribution < -0.4 is 5.32 Å². The Hall–Kier alpha value is -1.93. The number of benzene rings is 1. The minimum absolute atomic E-state index is 0.435. The summed E-state index contributed by atoms with van der Waals surface area (Å²) in [6.45, 7) is 2.16. The molecule has 1 aromatic carbocycles. The molecule has 1 N–H and O–H groups in total. The number of hydrogen-bond donors (Lipinski definition) is 1. The lowest BCUT2D eigenvalue weighted by molar-refractivity contribution is 0.275. The molecule has 0 amide bonds. The van der Waals surface area contributed by atoms with Gasteiger partial charge in [-0.15, -0.1) is 0 Å². The molecule has 1 aromatic heterocycles. The van der Waals surface area contributed by atoms with Crippen LogP contribution in [0.25, 0.3) is 11.3 Å². The zero-order valence-electron chi connectivity index (χ0n) is 12.3. The van der Waals surface area contributed by atoms with E-state index in [0.717, 1.165) is 5.69 Å². The molecule has 2 aromatic rings. The summed E-state index contributed by atoms with van der Waals surface area (Å²) in [5.41, 5.74) is 4.87. The van der Waals surface area contributed by atoms with Gasteiger partial charge in [0.05, 0.1) is 5.69 Å². The van der Waals surface area contributed by atoms with Gasteiger partial charge >= 0.3 is 0 Å². The van der Waals surface area contributed by atoms with Crippen LogP contribution in [0, 0.1) is 12.8 Å². The van der Waals surface area contributed by atoms with Crippen molar-refractivity contribution < 1.29 is 0 Å². The van der Waals surface area contributed by atoms with Crippen LogP contribution in [0.1, 0.15) is 30.0 Å². The van der Waals surface area contributed by atoms with E-state index < -0.39 is 0 Å². The van der Waals surface area contributed by atoms with Crippen molar-refractivity contribution >= 4 is 0 Å². The Bertz CT molecular complexity index is 675. The van der Waals surface area contributed by atoms with Crippen LogP contribution in [0.2, 0.25) is 0 Å². The number of nitrogens with one attached hydrogen (secondary N) is 1. The van der Waals surface area contributed by atoms with E-state index in [9.17, 15) is 0 Å². The van der Waals surface area contributed by atoms with Gasteiger partial charge in [0.2, 0.25) is 0 Å². The van der Waals surface area contributed by atoms with Crippen molar-refractivity contribution in [3.05, 3.63) is 65.9 Å². The van der Waals surface area contributed by atoms with Crippen molar-refractivity contribution in [2.45, 2.75) is 31.8 Å². The smallest absolute Gasteiger partial charge is 0.0731 e. The van der Waals surface area contributed by atoms with Crippen LogP contribution in [-0.2, 0) is 0 Å². The molecule has 0 radical (unpaired) electrons. The third kappa shape index (κ3) is 2.30. The Morgan fingerprint density at radius 3 is 2.57 bits per heavy atom. The van der Waals surface area contributed by atoms with Gasteiger partial charge < -0.3 is 5.32 Å². The van der Waals surface area contributed by atoms with Crippen LogP contribution in [-0.4, -0.2) is 11.0 Å². The molecule has 1 fully saturated rings. The van der Waals surface area contributed by atoms with Gasteiger partial charge in [0.15, 0.2) is 0 Å². The first-order chi connectivity index (χ1) is 10.3. The normalized spacial score (nSPS) is 27.0. The standard InChI is InChI=1S/C19H20N2/c1-13-11-16(19-15-7-9-17(21-19)10-8-15)12-20-18(13)14-5-3-2-4-6-14/h2-7,9,11-12,15,17,19,21H,8,10H2,1H3. The first-order valence-corrected chi connectivity index (χ1v) is 7.77. The van der Waals surface area contributed by atoms with Gasteiger partial charge in [0.1, 0.15) is 0 Å². The second-order valence-corrected chi connectivity index (χ2v) is 6.18. The predicted molar refractivity (Wildman–Crippen MR) is 85.9 cm³/mol. The summed E-state index contributed by atoms with van der Waals surface area (Å²) in [5, 5.41) is 3.73. The van der Waals surface area contributed by atoms with Gasteiger partial charge in [-0.1, -0.05) is 48.6 Å². The van der Waals surface area contributed by atoms with Crippen molar-refractivity contribution in [1.29, 1.82) is 0 Å². The maximum atomic E-state index is 4.74. The number of nitrogens with zero attached hydrogens (tertiary/aromatic N) is 1. The topological polar surface area (TPSA) is 24.9 Å². The molecule has 0 spiro atoms. The average Bonchev–Trinajstić information content (AvgIpc) is 2.56. The van der Waals surface area contributed by atoms with Gasteiger partial charge in [-0.3, -0.25) is 4.98 Å². The van der Waals surface area contributed by atoms with E-state index in [2.05, 4.69) is 60.9 Å². The van der Waals surface area contributed by atoms with E-state index in [1.165, 1.54) is 29.5 Å². The van der Waals surface area contributed by atoms with Crippen LogP contribution in [0.5, 0.6) is 0 Å². The minimum Gasteiger partial charge on any atom is -0.303 e. The quantitative estimate of drug-likeness (QED) is 0.837. The Morgan fingerprint density at radius 1 is 1.10 bits per heavy atom. The Morgan fingerprint density at radius 2 is 1.95 bits per heavy atom. The monoisotopic (exact) mass is 276 g/mol. The fourth-order valence-corrected chi connectivity index (χ4v) is 3.62. The number of fused-ring (bicyclic) bond motifs is 2. The highest BCUT2D eigenvalue weighted by Gasteiger charge is 2.32. The molecule has 1 aliphatic carbocycles. The molecule has 0 saturated carbocycles. The Kier molecular flexibility index (Phi) is 3.12. The Balaban J connectivity index is 1.67. The molecule has 3 aliphatic rings. The maximum Gasteiger partial charge on any atom is 0.0731 e. The molecule has 3 heterocycles. The van der Waals surface area contributed by atoms with Crippen molar-refractivity contribution in [1.82, 2.24) is 10.3 Å². The van der Waals surface area contributed by atoms with Gasteiger partial charge in [-0.25, -0.2) is 0 Å². The Labute approximate surface area is 125 Å². The highest BCUT2D eigenvalue weighted by molar-refractivity contribution is 5.62. The second-order valence-electron chi connectivity index (χ2n) is 6.18. The molecule has 21 heavy (non-hydrogen) atoms. The molecule has 3 atom stereocenters. The SMILES string of the molecule is Cc1cc(C2NC3C=CC2CC3)cnc1-c1ccccc1. The van der Waals surface area contributed by atoms with Gasteiger partial charge in [-0.2, -0.15) is 0 Å². The number of piperidine rings is 1. The van der Waals surface area contributed by atoms with Crippen molar-refractivity contribution in [2.75, 3.05) is 0 Å². The third-order valence-corrected chi connectivity index (χ3v) is 4.73. The zero-order valence-corrected chi connectivity index (χ0v) is 12.3. The van der Waals surface area contributed by atoms with Gasteiger partial charge in [0, 0.05) is 23.8 Å². The van der Waals surface area contributed by atoms with Gasteiger partial charge in [0.25, 0.3) is 0 Å². The number of aryl methyl sites for hydroxylation is 1. The summed E-state index contributed by atoms with van der Waals surface area (Å²) in [7, 11) is 0. The minimum atomic E-state index is 0.435. The molecular formula is C19H20N2. The third-order valence-electron chi connectivity index (χ3n) is 4.73. The molecule has 2 aliphatic heterocycles. The fourth-order valence-electron chi connectivity index (χ4n) is 3.62. The lowest BCUT2D eigenvalue weighted by Crippen LogP contribution is -2.43. The van der Waals surface area contributed by atoms with E-state index in [4.69, 9.17) is 4.98 Å². The molecule has 2 bridgehead atoms. The average molecular weight is 276 g/mol. The molecular weight excluding hydrogens is 256 g/mol. The summed E-state index contributed by atoms with van der Waals surface area (Å²) in [6, 6.07) is 13.7. The molecule has 2 heteroatoms. The summed E-state index contributed by atoms with van der Waals surface area (Å²) in [4.78, 5) is 4.74. The number of pyridine rings is 1. The zero-order chi connectivity index (χ0) is 14.2. The van der Waals surface area contributed by atoms with E-state index in [0.29, 0.717) is 18.0 Å². The highest BCUT2D eigenvalue weighted by Crippen LogP contribution is 2.37. The second kappa shape index (κ2) is 5.12. The summed E-state index contributed by atoms with van der Waals surface area (Å²) in [5.74, 6) is 0.624. The molecule has 3 unspecified atom stereocenters. The summed E-state index contributed by atoms with van der Waals surface area (Å²) >= 11 is 0. The number of rotatable bonds is 2. The first kappa shape index (κ1) is 12.8. The van der Waals surface area contributed by atoms with Gasteiger partial charge in [-0.05, 0) is 36.8 Å². The van der Waals surface area contributed by atoms with Crippen molar-refractivity contribution in [3.8, 4) is 11.3 Å². The van der Waals surface area contributed by atoms with Crippen LogP contribution >= 0.6 is 0 Å². The number of hydrogen-bond acceptors (Lipinski definition) is 2. The molecule has 1 saturated heterocycles. The number of aromatic nitrogens is 1. The maximum absolute atomic E-state index is 4.74. The van der Waals surface area contributed by atoms with Crippen LogP contribution in [0.4, 0.5) is 0 Å². The molecule has 2 nitrogen and oxygen atoms in total. The summed E-state index contributed by atoms with van der Waals surface area (Å²) in [6.07, 6.45) is 9.32. The summed E-state index contributed by atoms with van der Waals surface area (Å²) < 4.78 is 0. The highest BCUT2D eigenvalue weighted by atomic mass is 15.0. The van der Waals surface area contributed by atoms with Crippen molar-refractivity contribution in [3.63, 3.8) is 0 Å². The lowest BCUT2D eigenvalue weighted by Gasteiger charge is -2.39. The first-order valence-electron chi connectivity index (χ1n) is 7.77.